The summed E-state index contributed by atoms with van der Waals surface area (Å²) in [6.45, 7) is 0.817. The molecule has 1 aliphatic rings. The molecule has 0 atom stereocenters. The van der Waals surface area contributed by atoms with Crippen molar-refractivity contribution in [2.24, 2.45) is 0 Å². The van der Waals surface area contributed by atoms with Crippen molar-refractivity contribution in [3.05, 3.63) is 56.4 Å². The zero-order valence-corrected chi connectivity index (χ0v) is 18.4. The molecular weight excluding hydrogens is 416 g/mol. The average Bonchev–Trinajstić information content (AvgIpc) is 3.33. The first-order chi connectivity index (χ1) is 14.6. The van der Waals surface area contributed by atoms with E-state index in [9.17, 15) is 9.59 Å². The van der Waals surface area contributed by atoms with E-state index in [1.807, 2.05) is 24.3 Å². The van der Waals surface area contributed by atoms with Crippen LogP contribution in [-0.4, -0.2) is 32.4 Å². The minimum Gasteiger partial charge on any atom is -0.339 e. The van der Waals surface area contributed by atoms with Crippen LogP contribution in [0.1, 0.15) is 34.7 Å². The summed E-state index contributed by atoms with van der Waals surface area (Å²) in [5.74, 6) is -0.00593. The van der Waals surface area contributed by atoms with Gasteiger partial charge >= 0.3 is 0 Å². The Morgan fingerprint density at radius 1 is 1.20 bits per heavy atom. The Hall–Kier alpha value is -2.58. The smallest absolute Gasteiger partial charge is 0.262 e. The van der Waals surface area contributed by atoms with Gasteiger partial charge in [-0.2, -0.15) is 0 Å². The second-order valence-corrected chi connectivity index (χ2v) is 9.91. The summed E-state index contributed by atoms with van der Waals surface area (Å²) in [7, 11) is 1.79. The highest BCUT2D eigenvalue weighted by molar-refractivity contribution is 7.19. The van der Waals surface area contributed by atoms with Crippen molar-refractivity contribution in [2.45, 2.75) is 45.2 Å². The number of aryl methyl sites for hydroxylation is 3. The van der Waals surface area contributed by atoms with E-state index in [1.54, 1.807) is 45.5 Å². The Morgan fingerprint density at radius 2 is 2.03 bits per heavy atom. The largest absolute Gasteiger partial charge is 0.339 e. The van der Waals surface area contributed by atoms with Gasteiger partial charge in [0.1, 0.15) is 9.84 Å². The number of amides is 1. The molecule has 1 aliphatic carbocycles. The lowest BCUT2D eigenvalue weighted by Gasteiger charge is -2.16. The third kappa shape index (κ3) is 3.54. The van der Waals surface area contributed by atoms with E-state index in [0.717, 1.165) is 44.7 Å². The maximum Gasteiger partial charge on any atom is 0.262 e. The van der Waals surface area contributed by atoms with Crippen LogP contribution in [-0.2, 0) is 30.7 Å². The number of rotatable bonds is 5. The second-order valence-electron chi connectivity index (χ2n) is 7.71. The number of thiazole rings is 1. The number of hydrogen-bond acceptors (Lipinski definition) is 6. The lowest BCUT2D eigenvalue weighted by molar-refractivity contribution is -0.130. The van der Waals surface area contributed by atoms with Gasteiger partial charge in [-0.15, -0.1) is 22.7 Å². The monoisotopic (exact) mass is 438 g/mol. The Labute approximate surface area is 181 Å². The van der Waals surface area contributed by atoms with Crippen molar-refractivity contribution in [1.29, 1.82) is 0 Å². The molecule has 1 amide bonds. The van der Waals surface area contributed by atoms with Crippen molar-refractivity contribution < 1.29 is 4.79 Å². The first-order valence-electron chi connectivity index (χ1n) is 10.2. The van der Waals surface area contributed by atoms with E-state index in [0.29, 0.717) is 13.1 Å². The number of carbonyl (C=O) groups excluding carboxylic acids is 1. The standard InChI is InChI=1S/C22H22N4O2S2/c1-25(12-18-24-15-7-3-5-9-17(15)29-18)19(27)10-11-26-13-23-21-20(22(26)28)14-6-2-4-8-16(14)30-21/h3,5,7,9,13H,2,4,6,8,10-12H2,1H3. The molecule has 0 bridgehead atoms. The molecule has 0 unspecified atom stereocenters. The molecule has 3 aromatic heterocycles. The number of hydrogen-bond donors (Lipinski definition) is 0. The molecule has 4 aromatic rings. The lowest BCUT2D eigenvalue weighted by Crippen LogP contribution is -2.29. The second kappa shape index (κ2) is 7.92. The number of nitrogens with zero attached hydrogens (tertiary/aromatic N) is 4. The topological polar surface area (TPSA) is 68.1 Å². The van der Waals surface area contributed by atoms with Gasteiger partial charge < -0.3 is 4.90 Å². The van der Waals surface area contributed by atoms with Gasteiger partial charge in [-0.3, -0.25) is 14.2 Å². The van der Waals surface area contributed by atoms with Crippen molar-refractivity contribution in [3.8, 4) is 0 Å². The molecule has 5 rings (SSSR count). The molecular formula is C22H22N4O2S2. The van der Waals surface area contributed by atoms with E-state index >= 15 is 0 Å². The van der Waals surface area contributed by atoms with Crippen molar-refractivity contribution >= 4 is 49.0 Å². The van der Waals surface area contributed by atoms with E-state index in [4.69, 9.17) is 0 Å². The van der Waals surface area contributed by atoms with E-state index in [1.165, 1.54) is 16.9 Å². The fourth-order valence-corrected chi connectivity index (χ4v) is 6.27. The number of aromatic nitrogens is 3. The van der Waals surface area contributed by atoms with Crippen LogP contribution in [0.5, 0.6) is 0 Å². The summed E-state index contributed by atoms with van der Waals surface area (Å²) < 4.78 is 2.71. The zero-order chi connectivity index (χ0) is 20.7. The minimum atomic E-state index is -0.0129. The molecule has 8 heteroatoms. The molecule has 3 heterocycles. The van der Waals surface area contributed by atoms with Gasteiger partial charge in [0.2, 0.25) is 5.91 Å². The van der Waals surface area contributed by atoms with Crippen molar-refractivity contribution in [2.75, 3.05) is 7.05 Å². The molecule has 6 nitrogen and oxygen atoms in total. The maximum absolute atomic E-state index is 13.0. The van der Waals surface area contributed by atoms with Gasteiger partial charge in [0.25, 0.3) is 5.56 Å². The molecule has 0 fully saturated rings. The van der Waals surface area contributed by atoms with Crippen molar-refractivity contribution in [3.63, 3.8) is 0 Å². The normalized spacial score (nSPS) is 13.6. The molecule has 0 aliphatic heterocycles. The third-order valence-electron chi connectivity index (χ3n) is 5.64. The fraction of sp³-hybridized carbons (Fsp3) is 0.364. The quantitative estimate of drug-likeness (QED) is 0.472. The Balaban J connectivity index is 1.29. The highest BCUT2D eigenvalue weighted by atomic mass is 32.1. The summed E-state index contributed by atoms with van der Waals surface area (Å²) in [6.07, 6.45) is 6.17. The molecule has 0 spiro atoms. The first kappa shape index (κ1) is 19.4. The third-order valence-corrected chi connectivity index (χ3v) is 7.87. The Morgan fingerprint density at radius 3 is 2.90 bits per heavy atom. The Bertz CT molecular complexity index is 1270. The summed E-state index contributed by atoms with van der Waals surface area (Å²) in [4.78, 5) is 38.6. The molecule has 30 heavy (non-hydrogen) atoms. The minimum absolute atomic E-state index is 0.00593. The number of fused-ring (bicyclic) bond motifs is 4. The fourth-order valence-electron chi connectivity index (χ4n) is 4.03. The number of carbonyl (C=O) groups is 1. The maximum atomic E-state index is 13.0. The van der Waals surface area contributed by atoms with Gasteiger partial charge in [-0.05, 0) is 43.4 Å². The highest BCUT2D eigenvalue weighted by Crippen LogP contribution is 2.33. The summed E-state index contributed by atoms with van der Waals surface area (Å²) in [5, 5.41) is 1.68. The van der Waals surface area contributed by atoms with Crippen LogP contribution in [0.25, 0.3) is 20.4 Å². The van der Waals surface area contributed by atoms with Crippen molar-refractivity contribution in [1.82, 2.24) is 19.4 Å². The predicted molar refractivity (Wildman–Crippen MR) is 121 cm³/mol. The highest BCUT2D eigenvalue weighted by Gasteiger charge is 2.20. The van der Waals surface area contributed by atoms with Crippen LogP contribution < -0.4 is 5.56 Å². The summed E-state index contributed by atoms with van der Waals surface area (Å²) in [5.41, 5.74) is 2.14. The van der Waals surface area contributed by atoms with Gasteiger partial charge in [-0.1, -0.05) is 12.1 Å². The van der Waals surface area contributed by atoms with Gasteiger partial charge in [-0.25, -0.2) is 9.97 Å². The summed E-state index contributed by atoms with van der Waals surface area (Å²) in [6, 6.07) is 7.98. The molecule has 0 saturated carbocycles. The van der Waals surface area contributed by atoms with Crippen LogP contribution >= 0.6 is 22.7 Å². The average molecular weight is 439 g/mol. The molecule has 0 saturated heterocycles. The van der Waals surface area contributed by atoms with E-state index in [-0.39, 0.29) is 17.9 Å². The SMILES string of the molecule is CN(Cc1nc2ccccc2s1)C(=O)CCn1cnc2sc3c(c2c1=O)CCCC3. The van der Waals surface area contributed by atoms with Crippen LogP contribution in [0.3, 0.4) is 0 Å². The van der Waals surface area contributed by atoms with Gasteiger partial charge in [0.15, 0.2) is 0 Å². The van der Waals surface area contributed by atoms with E-state index in [2.05, 4.69) is 9.97 Å². The number of thiophene rings is 1. The molecule has 0 N–H and O–H groups in total. The lowest BCUT2D eigenvalue weighted by atomic mass is 9.97. The number of para-hydroxylation sites is 1. The first-order valence-corrected chi connectivity index (χ1v) is 11.8. The van der Waals surface area contributed by atoms with Crippen LogP contribution in [0.2, 0.25) is 0 Å². The molecule has 1 aromatic carbocycles. The number of benzene rings is 1. The summed E-state index contributed by atoms with van der Waals surface area (Å²) >= 11 is 3.26. The van der Waals surface area contributed by atoms with Crippen LogP contribution in [0.4, 0.5) is 0 Å². The zero-order valence-electron chi connectivity index (χ0n) is 16.8. The molecule has 154 valence electrons. The van der Waals surface area contributed by atoms with E-state index < -0.39 is 0 Å². The van der Waals surface area contributed by atoms with Gasteiger partial charge in [0.05, 0.1) is 28.5 Å². The van der Waals surface area contributed by atoms with Crippen LogP contribution in [0.15, 0.2) is 35.4 Å². The Kier molecular flexibility index (Phi) is 5.12. The predicted octanol–water partition coefficient (Wildman–Crippen LogP) is 4.00. The van der Waals surface area contributed by atoms with Crippen LogP contribution in [0, 0.1) is 0 Å². The molecule has 0 radical (unpaired) electrons. The van der Waals surface area contributed by atoms with Gasteiger partial charge in [0, 0.05) is 24.9 Å².